The summed E-state index contributed by atoms with van der Waals surface area (Å²) in [4.78, 5) is 13.6. The number of nitrogens with zero attached hydrogens (tertiary/aromatic N) is 1. The number of nitrogens with one attached hydrogen (secondary N) is 1. The summed E-state index contributed by atoms with van der Waals surface area (Å²) < 4.78 is 28.3. The van der Waals surface area contributed by atoms with Crippen molar-refractivity contribution < 1.29 is 13.2 Å². The number of hydrogen-bond donors (Lipinski definition) is 1. The molecule has 2 aromatic carbocycles. The Labute approximate surface area is 169 Å². The molecular formula is C19H20Cl2N2O3S. The van der Waals surface area contributed by atoms with E-state index >= 15 is 0 Å². The van der Waals surface area contributed by atoms with Crippen LogP contribution in [0.15, 0.2) is 41.3 Å². The highest BCUT2D eigenvalue weighted by atomic mass is 35.5. The number of benzene rings is 2. The molecule has 27 heavy (non-hydrogen) atoms. The maximum absolute atomic E-state index is 12.8. The Bertz CT molecular complexity index is 992. The minimum absolute atomic E-state index is 0.0436. The van der Waals surface area contributed by atoms with Crippen LogP contribution in [0.25, 0.3) is 0 Å². The average Bonchev–Trinajstić information content (AvgIpc) is 2.62. The highest BCUT2D eigenvalue weighted by molar-refractivity contribution is 7.89. The molecule has 0 saturated carbocycles. The second-order valence-corrected chi connectivity index (χ2v) is 9.11. The second-order valence-electron chi connectivity index (χ2n) is 6.58. The molecule has 1 heterocycles. The van der Waals surface area contributed by atoms with Crippen molar-refractivity contribution in [2.75, 3.05) is 11.4 Å². The van der Waals surface area contributed by atoms with Crippen molar-refractivity contribution in [1.29, 1.82) is 0 Å². The molecule has 0 bridgehead atoms. The molecule has 0 spiro atoms. The first kappa shape index (κ1) is 20.1. The van der Waals surface area contributed by atoms with Crippen LogP contribution in [0.4, 0.5) is 5.69 Å². The van der Waals surface area contributed by atoms with E-state index in [1.54, 1.807) is 42.2 Å². The lowest BCUT2D eigenvalue weighted by Gasteiger charge is -2.29. The van der Waals surface area contributed by atoms with Crippen LogP contribution in [-0.2, 0) is 21.2 Å². The number of carbonyl (C=O) groups is 1. The van der Waals surface area contributed by atoms with Gasteiger partial charge in [-0.1, -0.05) is 29.3 Å². The topological polar surface area (TPSA) is 66.5 Å². The van der Waals surface area contributed by atoms with Gasteiger partial charge in [-0.05, 0) is 61.2 Å². The van der Waals surface area contributed by atoms with E-state index in [1.807, 2.05) is 0 Å². The number of aryl methyl sites for hydroxylation is 1. The van der Waals surface area contributed by atoms with Crippen molar-refractivity contribution in [3.63, 3.8) is 0 Å². The second kappa shape index (κ2) is 7.80. The van der Waals surface area contributed by atoms with E-state index in [4.69, 9.17) is 23.2 Å². The Morgan fingerprint density at radius 3 is 2.56 bits per heavy atom. The monoisotopic (exact) mass is 426 g/mol. The molecule has 2 aromatic rings. The Morgan fingerprint density at radius 2 is 1.89 bits per heavy atom. The fraction of sp³-hybridized carbons (Fsp3) is 0.316. The zero-order valence-corrected chi connectivity index (χ0v) is 17.3. The Balaban J connectivity index is 1.86. The summed E-state index contributed by atoms with van der Waals surface area (Å²) in [5.74, 6) is -0.0436. The summed E-state index contributed by atoms with van der Waals surface area (Å²) in [5, 5.41) is 0.790. The predicted molar refractivity (Wildman–Crippen MR) is 108 cm³/mol. The zero-order valence-electron chi connectivity index (χ0n) is 15.0. The molecule has 0 radical (unpaired) electrons. The largest absolute Gasteiger partial charge is 0.312 e. The van der Waals surface area contributed by atoms with Crippen LogP contribution >= 0.6 is 23.2 Å². The number of amides is 1. The van der Waals surface area contributed by atoms with Gasteiger partial charge in [0.1, 0.15) is 0 Å². The van der Waals surface area contributed by atoms with Crippen LogP contribution in [0.3, 0.4) is 0 Å². The van der Waals surface area contributed by atoms with Gasteiger partial charge in [-0.3, -0.25) is 4.79 Å². The molecule has 1 amide bonds. The molecule has 0 saturated heterocycles. The molecule has 0 fully saturated rings. The highest BCUT2D eigenvalue weighted by Crippen LogP contribution is 2.30. The molecule has 0 aliphatic carbocycles. The minimum Gasteiger partial charge on any atom is -0.312 e. The average molecular weight is 427 g/mol. The molecule has 0 aromatic heterocycles. The molecule has 144 valence electrons. The number of hydrogen-bond acceptors (Lipinski definition) is 3. The van der Waals surface area contributed by atoms with Crippen LogP contribution in [-0.4, -0.2) is 20.9 Å². The van der Waals surface area contributed by atoms with E-state index in [0.29, 0.717) is 22.2 Å². The van der Waals surface area contributed by atoms with Gasteiger partial charge in [0.25, 0.3) is 0 Å². The first-order valence-electron chi connectivity index (χ1n) is 8.57. The normalized spacial score (nSPS) is 15.3. The maximum atomic E-state index is 12.8. The van der Waals surface area contributed by atoms with Crippen LogP contribution in [0.1, 0.15) is 37.4 Å². The SMILES string of the molecule is CC(=O)N1CCCc2cc(S(=O)(=O)NC(C)c3ccc(Cl)c(Cl)c3)ccc21. The van der Waals surface area contributed by atoms with Gasteiger partial charge >= 0.3 is 0 Å². The zero-order chi connectivity index (χ0) is 19.8. The lowest BCUT2D eigenvalue weighted by atomic mass is 10.0. The Kier molecular flexibility index (Phi) is 5.82. The summed E-state index contributed by atoms with van der Waals surface area (Å²) in [7, 11) is -3.73. The van der Waals surface area contributed by atoms with Crippen molar-refractivity contribution in [3.8, 4) is 0 Å². The van der Waals surface area contributed by atoms with E-state index in [1.165, 1.54) is 13.0 Å². The van der Waals surface area contributed by atoms with Gasteiger partial charge in [-0.2, -0.15) is 0 Å². The molecule has 1 N–H and O–H groups in total. The fourth-order valence-corrected chi connectivity index (χ4v) is 4.81. The molecule has 1 aliphatic rings. The predicted octanol–water partition coefficient (Wildman–Crippen LogP) is 4.33. The van der Waals surface area contributed by atoms with E-state index in [2.05, 4.69) is 4.72 Å². The van der Waals surface area contributed by atoms with Crippen LogP contribution < -0.4 is 9.62 Å². The van der Waals surface area contributed by atoms with E-state index in [-0.39, 0.29) is 10.8 Å². The maximum Gasteiger partial charge on any atom is 0.241 e. The van der Waals surface area contributed by atoms with Gasteiger partial charge in [0.15, 0.2) is 0 Å². The van der Waals surface area contributed by atoms with Crippen molar-refractivity contribution in [3.05, 3.63) is 57.6 Å². The van der Waals surface area contributed by atoms with Crippen LogP contribution in [0.2, 0.25) is 10.0 Å². The molecule has 5 nitrogen and oxygen atoms in total. The smallest absolute Gasteiger partial charge is 0.241 e. The van der Waals surface area contributed by atoms with Gasteiger partial charge in [0, 0.05) is 25.2 Å². The summed E-state index contributed by atoms with van der Waals surface area (Å²) in [6.45, 7) is 3.91. The molecule has 8 heteroatoms. The van der Waals surface area contributed by atoms with Crippen molar-refractivity contribution in [2.24, 2.45) is 0 Å². The molecule has 1 unspecified atom stereocenters. The number of rotatable bonds is 4. The van der Waals surface area contributed by atoms with Gasteiger partial charge in [-0.15, -0.1) is 0 Å². The van der Waals surface area contributed by atoms with Crippen molar-refractivity contribution in [2.45, 2.75) is 37.6 Å². The van der Waals surface area contributed by atoms with Crippen molar-refractivity contribution >= 4 is 44.8 Å². The molecule has 1 atom stereocenters. The van der Waals surface area contributed by atoms with Crippen LogP contribution in [0, 0.1) is 0 Å². The van der Waals surface area contributed by atoms with Gasteiger partial charge < -0.3 is 4.90 Å². The van der Waals surface area contributed by atoms with E-state index in [9.17, 15) is 13.2 Å². The Morgan fingerprint density at radius 1 is 1.15 bits per heavy atom. The highest BCUT2D eigenvalue weighted by Gasteiger charge is 2.24. The summed E-state index contributed by atoms with van der Waals surface area (Å²) in [6.07, 6.45) is 1.55. The number of halogens is 2. The van der Waals surface area contributed by atoms with E-state index < -0.39 is 16.1 Å². The number of sulfonamides is 1. The quantitative estimate of drug-likeness (QED) is 0.790. The minimum atomic E-state index is -3.73. The van der Waals surface area contributed by atoms with Crippen molar-refractivity contribution in [1.82, 2.24) is 4.72 Å². The first-order valence-corrected chi connectivity index (χ1v) is 10.8. The lowest BCUT2D eigenvalue weighted by Crippen LogP contribution is -2.34. The molecule has 3 rings (SSSR count). The van der Waals surface area contributed by atoms with E-state index in [0.717, 1.165) is 24.1 Å². The summed E-state index contributed by atoms with van der Waals surface area (Å²) in [5.41, 5.74) is 2.36. The van der Waals surface area contributed by atoms with Gasteiger partial charge in [0.2, 0.25) is 15.9 Å². The fourth-order valence-electron chi connectivity index (χ4n) is 3.22. The molecular weight excluding hydrogens is 407 g/mol. The third-order valence-corrected chi connectivity index (χ3v) is 6.91. The van der Waals surface area contributed by atoms with Gasteiger partial charge in [-0.25, -0.2) is 13.1 Å². The molecule has 1 aliphatic heterocycles. The number of carbonyl (C=O) groups excluding carboxylic acids is 1. The Hall–Kier alpha value is -1.60. The summed E-state index contributed by atoms with van der Waals surface area (Å²) in [6, 6.07) is 9.43. The van der Waals surface area contributed by atoms with Gasteiger partial charge in [0.05, 0.1) is 14.9 Å². The summed E-state index contributed by atoms with van der Waals surface area (Å²) >= 11 is 11.9. The van der Waals surface area contributed by atoms with Crippen LogP contribution in [0.5, 0.6) is 0 Å². The third kappa shape index (κ3) is 4.29. The number of anilines is 1. The standard InChI is InChI=1S/C19H20Cl2N2O3S/c1-12(14-5-7-17(20)18(21)11-14)22-27(25,26)16-6-8-19-15(10-16)4-3-9-23(19)13(2)24/h5-8,10-12,22H,3-4,9H2,1-2H3. The number of fused-ring (bicyclic) bond motifs is 1. The third-order valence-electron chi connectivity index (χ3n) is 4.64. The lowest BCUT2D eigenvalue weighted by molar-refractivity contribution is -0.116. The first-order chi connectivity index (χ1) is 12.7.